The second-order valence-corrected chi connectivity index (χ2v) is 5.73. The van der Waals surface area contributed by atoms with E-state index in [1.54, 1.807) is 6.92 Å². The molecular weight excluding hydrogens is 339 g/mol. The number of alkyl halides is 3. The zero-order valence-electron chi connectivity index (χ0n) is 13.3. The van der Waals surface area contributed by atoms with Crippen LogP contribution in [-0.4, -0.2) is 38.7 Å². The number of rotatable bonds is 4. The Morgan fingerprint density at radius 1 is 1.44 bits per heavy atom. The first-order valence-corrected chi connectivity index (χ1v) is 7.68. The first kappa shape index (κ1) is 17.3. The fourth-order valence-electron chi connectivity index (χ4n) is 2.67. The van der Waals surface area contributed by atoms with Gasteiger partial charge in [0.2, 0.25) is 0 Å². The molecular formula is C15H16F3N5O2. The number of pyridine rings is 1. The van der Waals surface area contributed by atoms with E-state index in [0.29, 0.717) is 30.7 Å². The predicted octanol–water partition coefficient (Wildman–Crippen LogP) is 2.18. The van der Waals surface area contributed by atoms with Gasteiger partial charge in [-0.1, -0.05) is 0 Å². The lowest BCUT2D eigenvalue weighted by atomic mass is 10.1. The third-order valence-corrected chi connectivity index (χ3v) is 3.87. The maximum Gasteiger partial charge on any atom is 0.418 e. The zero-order valence-corrected chi connectivity index (χ0v) is 13.3. The Morgan fingerprint density at radius 3 is 2.92 bits per heavy atom. The Hall–Kier alpha value is -2.49. The molecule has 25 heavy (non-hydrogen) atoms. The normalized spacial score (nSPS) is 20.6. The number of aromatic nitrogens is 4. The van der Waals surface area contributed by atoms with E-state index in [-0.39, 0.29) is 18.8 Å². The van der Waals surface area contributed by atoms with E-state index in [4.69, 9.17) is 4.74 Å². The largest absolute Gasteiger partial charge is 0.418 e. The van der Waals surface area contributed by atoms with Gasteiger partial charge in [-0.3, -0.25) is 14.9 Å². The van der Waals surface area contributed by atoms with Crippen molar-refractivity contribution in [1.29, 1.82) is 0 Å². The number of nitrogens with zero attached hydrogens (tertiary/aromatic N) is 3. The lowest BCUT2D eigenvalue weighted by Crippen LogP contribution is -2.33. The van der Waals surface area contributed by atoms with Crippen molar-refractivity contribution in [3.63, 3.8) is 0 Å². The number of H-pyrrole nitrogens is 1. The van der Waals surface area contributed by atoms with Crippen molar-refractivity contribution >= 4 is 5.91 Å². The average molecular weight is 355 g/mol. The van der Waals surface area contributed by atoms with Gasteiger partial charge in [0.1, 0.15) is 11.9 Å². The molecule has 1 fully saturated rings. The summed E-state index contributed by atoms with van der Waals surface area (Å²) in [4.78, 5) is 19.7. The highest BCUT2D eigenvalue weighted by Gasteiger charge is 2.36. The van der Waals surface area contributed by atoms with Crippen molar-refractivity contribution in [1.82, 2.24) is 25.5 Å². The Bertz CT molecular complexity index is 762. The standard InChI is InChI=1S/C15H16F3N5O2/c1-8-21-13(23-22-8)12-3-2-9(25-12)6-20-14(24)10-4-5-19-7-11(10)15(16,17)18/h4-5,7,9,12H,2-3,6H2,1H3,(H,20,24)(H,21,22,23)/t9-,12+/m1/s1. The summed E-state index contributed by atoms with van der Waals surface area (Å²) in [6.07, 6.45) is -2.09. The first-order valence-electron chi connectivity index (χ1n) is 7.68. The van der Waals surface area contributed by atoms with Crippen LogP contribution >= 0.6 is 0 Å². The summed E-state index contributed by atoms with van der Waals surface area (Å²) in [7, 11) is 0. The number of ether oxygens (including phenoxy) is 1. The summed E-state index contributed by atoms with van der Waals surface area (Å²) < 4.78 is 44.5. The highest BCUT2D eigenvalue weighted by Crippen LogP contribution is 2.32. The summed E-state index contributed by atoms with van der Waals surface area (Å²) in [6.45, 7) is 1.88. The number of aromatic amines is 1. The summed E-state index contributed by atoms with van der Waals surface area (Å²) in [5.74, 6) is 0.406. The molecule has 2 N–H and O–H groups in total. The minimum absolute atomic E-state index is 0.109. The van der Waals surface area contributed by atoms with Crippen LogP contribution in [0.1, 0.15) is 46.5 Å². The average Bonchev–Trinajstić information content (AvgIpc) is 3.20. The highest BCUT2D eigenvalue weighted by molar-refractivity contribution is 5.95. The predicted molar refractivity (Wildman–Crippen MR) is 79.5 cm³/mol. The molecule has 0 aromatic carbocycles. The lowest BCUT2D eigenvalue weighted by molar-refractivity contribution is -0.138. The van der Waals surface area contributed by atoms with Crippen LogP contribution in [0.4, 0.5) is 13.2 Å². The van der Waals surface area contributed by atoms with Crippen LogP contribution in [-0.2, 0) is 10.9 Å². The molecule has 1 aliphatic rings. The molecule has 3 heterocycles. The number of hydrogen-bond acceptors (Lipinski definition) is 5. The molecule has 0 aliphatic carbocycles. The molecule has 2 aromatic heterocycles. The fourth-order valence-corrected chi connectivity index (χ4v) is 2.67. The van der Waals surface area contributed by atoms with Crippen LogP contribution in [0, 0.1) is 6.92 Å². The fraction of sp³-hybridized carbons (Fsp3) is 0.467. The Morgan fingerprint density at radius 2 is 2.24 bits per heavy atom. The van der Waals surface area contributed by atoms with Gasteiger partial charge in [-0.05, 0) is 25.8 Å². The van der Waals surface area contributed by atoms with E-state index in [0.717, 1.165) is 12.3 Å². The maximum atomic E-state index is 12.9. The number of carbonyl (C=O) groups is 1. The second kappa shape index (κ2) is 6.79. The number of amides is 1. The van der Waals surface area contributed by atoms with E-state index in [1.165, 1.54) is 0 Å². The van der Waals surface area contributed by atoms with E-state index in [1.807, 2.05) is 0 Å². The van der Waals surface area contributed by atoms with Crippen LogP contribution in [0.3, 0.4) is 0 Å². The zero-order chi connectivity index (χ0) is 18.0. The smallest absolute Gasteiger partial charge is 0.365 e. The first-order chi connectivity index (χ1) is 11.8. The van der Waals surface area contributed by atoms with Gasteiger partial charge in [0.15, 0.2) is 5.82 Å². The van der Waals surface area contributed by atoms with Crippen LogP contribution in [0.15, 0.2) is 18.5 Å². The minimum atomic E-state index is -4.64. The molecule has 0 unspecified atom stereocenters. The van der Waals surface area contributed by atoms with Gasteiger partial charge in [0.05, 0.1) is 17.2 Å². The summed E-state index contributed by atoms with van der Waals surface area (Å²) in [5.41, 5.74) is -1.52. The SMILES string of the molecule is Cc1nc([C@@H]2CC[C@H](CNC(=O)c3ccncc3C(F)(F)F)O2)n[nH]1. The molecule has 0 saturated carbocycles. The second-order valence-electron chi connectivity index (χ2n) is 5.73. The number of nitrogens with one attached hydrogen (secondary N) is 2. The van der Waals surface area contributed by atoms with Crippen molar-refractivity contribution < 1.29 is 22.7 Å². The minimum Gasteiger partial charge on any atom is -0.365 e. The topological polar surface area (TPSA) is 92.8 Å². The van der Waals surface area contributed by atoms with Crippen LogP contribution in [0.5, 0.6) is 0 Å². The van der Waals surface area contributed by atoms with Gasteiger partial charge in [0.25, 0.3) is 5.91 Å². The van der Waals surface area contributed by atoms with E-state index in [9.17, 15) is 18.0 Å². The third-order valence-electron chi connectivity index (χ3n) is 3.87. The molecule has 0 spiro atoms. The van der Waals surface area contributed by atoms with Crippen molar-refractivity contribution in [2.45, 2.75) is 38.1 Å². The van der Waals surface area contributed by atoms with E-state index < -0.39 is 23.2 Å². The van der Waals surface area contributed by atoms with Crippen LogP contribution in [0.25, 0.3) is 0 Å². The third kappa shape index (κ3) is 3.95. The molecule has 1 amide bonds. The number of carbonyl (C=O) groups excluding carboxylic acids is 1. The van der Waals surface area contributed by atoms with E-state index in [2.05, 4.69) is 25.5 Å². The van der Waals surface area contributed by atoms with Gasteiger partial charge in [-0.2, -0.15) is 18.3 Å². The van der Waals surface area contributed by atoms with Crippen molar-refractivity contribution in [3.8, 4) is 0 Å². The Labute approximate surface area is 141 Å². The summed E-state index contributed by atoms with van der Waals surface area (Å²) in [6, 6.07) is 1.05. The van der Waals surface area contributed by atoms with Crippen molar-refractivity contribution in [3.05, 3.63) is 41.2 Å². The molecule has 0 radical (unpaired) electrons. The molecule has 7 nitrogen and oxygen atoms in total. The van der Waals surface area contributed by atoms with Gasteiger partial charge >= 0.3 is 6.18 Å². The summed E-state index contributed by atoms with van der Waals surface area (Å²) in [5, 5.41) is 9.25. The molecule has 10 heteroatoms. The molecule has 3 rings (SSSR count). The Kier molecular flexibility index (Phi) is 4.71. The van der Waals surface area contributed by atoms with Crippen molar-refractivity contribution in [2.24, 2.45) is 0 Å². The van der Waals surface area contributed by atoms with Gasteiger partial charge < -0.3 is 10.1 Å². The monoisotopic (exact) mass is 355 g/mol. The van der Waals surface area contributed by atoms with Gasteiger partial charge in [-0.25, -0.2) is 4.98 Å². The Balaban J connectivity index is 1.59. The maximum absolute atomic E-state index is 12.9. The van der Waals surface area contributed by atoms with Crippen molar-refractivity contribution in [2.75, 3.05) is 6.54 Å². The molecule has 2 aromatic rings. The molecule has 1 saturated heterocycles. The molecule has 1 aliphatic heterocycles. The summed E-state index contributed by atoms with van der Waals surface area (Å²) >= 11 is 0. The molecule has 0 bridgehead atoms. The number of aryl methyl sites for hydroxylation is 1. The quantitative estimate of drug-likeness (QED) is 0.877. The van der Waals surface area contributed by atoms with Crippen LogP contribution < -0.4 is 5.32 Å². The highest BCUT2D eigenvalue weighted by atomic mass is 19.4. The lowest BCUT2D eigenvalue weighted by Gasteiger charge is -2.15. The number of hydrogen-bond donors (Lipinski definition) is 2. The number of halogens is 3. The molecule has 2 atom stereocenters. The van der Waals surface area contributed by atoms with E-state index >= 15 is 0 Å². The van der Waals surface area contributed by atoms with Gasteiger partial charge in [0, 0.05) is 18.9 Å². The van der Waals surface area contributed by atoms with Gasteiger partial charge in [-0.15, -0.1) is 0 Å². The molecule has 134 valence electrons. The van der Waals surface area contributed by atoms with Crippen LogP contribution in [0.2, 0.25) is 0 Å².